The van der Waals surface area contributed by atoms with Gasteiger partial charge in [-0.3, -0.25) is 0 Å². The Balaban J connectivity index is 2.57. The lowest BCUT2D eigenvalue weighted by atomic mass is 10.3. The van der Waals surface area contributed by atoms with Gasteiger partial charge in [0.1, 0.15) is 0 Å². The molecule has 0 bridgehead atoms. The lowest BCUT2D eigenvalue weighted by Gasteiger charge is -2.01. The average molecular weight is 162 g/mol. The Kier molecular flexibility index (Phi) is 1.46. The molecule has 0 aliphatic rings. The summed E-state index contributed by atoms with van der Waals surface area (Å²) in [7, 11) is 3.94. The maximum Gasteiger partial charge on any atom is 0.0948 e. The van der Waals surface area contributed by atoms with E-state index in [2.05, 4.69) is 9.97 Å². The average Bonchev–Trinajstić information content (AvgIpc) is 2.59. The summed E-state index contributed by atoms with van der Waals surface area (Å²) in [6.45, 7) is 0. The number of hydrogen-bond donors (Lipinski definition) is 0. The number of nitrogens with zero attached hydrogens (tertiary/aromatic N) is 4. The molecule has 0 amide bonds. The molecule has 0 aliphatic heterocycles. The zero-order chi connectivity index (χ0) is 8.55. The van der Waals surface area contributed by atoms with Crippen molar-refractivity contribution in [3.05, 3.63) is 25.0 Å². The second-order valence-corrected chi connectivity index (χ2v) is 2.78. The predicted molar refractivity (Wildman–Crippen MR) is 45.4 cm³/mol. The summed E-state index contributed by atoms with van der Waals surface area (Å²) in [6.07, 6.45) is 7.22. The first-order valence-corrected chi connectivity index (χ1v) is 3.72. The molecule has 0 N–H and O–H groups in total. The van der Waals surface area contributed by atoms with Gasteiger partial charge in [-0.25, -0.2) is 9.97 Å². The number of imidazole rings is 2. The van der Waals surface area contributed by atoms with Crippen LogP contribution >= 0.6 is 0 Å². The Labute approximate surface area is 70.5 Å². The van der Waals surface area contributed by atoms with Crippen LogP contribution in [0.2, 0.25) is 0 Å². The number of hydrogen-bond acceptors (Lipinski definition) is 2. The Morgan fingerprint density at radius 1 is 0.917 bits per heavy atom. The summed E-state index contributed by atoms with van der Waals surface area (Å²) in [5.41, 5.74) is 2.16. The summed E-state index contributed by atoms with van der Waals surface area (Å²) >= 11 is 0. The van der Waals surface area contributed by atoms with E-state index in [0.29, 0.717) is 0 Å². The van der Waals surface area contributed by atoms with Crippen LogP contribution in [0.3, 0.4) is 0 Å². The third-order valence-electron chi connectivity index (χ3n) is 1.90. The molecule has 0 fully saturated rings. The second kappa shape index (κ2) is 2.48. The van der Waals surface area contributed by atoms with E-state index in [1.165, 1.54) is 0 Å². The number of aromatic nitrogens is 4. The quantitative estimate of drug-likeness (QED) is 0.622. The van der Waals surface area contributed by atoms with Gasteiger partial charge in [-0.15, -0.1) is 0 Å². The fraction of sp³-hybridized carbons (Fsp3) is 0.250. The molecule has 4 nitrogen and oxygen atoms in total. The van der Waals surface area contributed by atoms with Gasteiger partial charge in [-0.2, -0.15) is 0 Å². The SMILES string of the molecule is Cn1cncc1-c1cncn1C. The van der Waals surface area contributed by atoms with E-state index in [-0.39, 0.29) is 0 Å². The summed E-state index contributed by atoms with van der Waals surface area (Å²) in [5.74, 6) is 0. The fourth-order valence-corrected chi connectivity index (χ4v) is 1.21. The van der Waals surface area contributed by atoms with Crippen molar-refractivity contribution in [2.45, 2.75) is 0 Å². The largest absolute Gasteiger partial charge is 0.333 e. The molecule has 62 valence electrons. The molecular formula is C8H10N4. The summed E-state index contributed by atoms with van der Waals surface area (Å²) in [6, 6.07) is 0. The van der Waals surface area contributed by atoms with E-state index in [0.717, 1.165) is 11.4 Å². The van der Waals surface area contributed by atoms with Crippen LogP contribution in [-0.2, 0) is 14.1 Å². The molecule has 2 heterocycles. The predicted octanol–water partition coefficient (Wildman–Crippen LogP) is 0.821. The minimum Gasteiger partial charge on any atom is -0.333 e. The monoisotopic (exact) mass is 162 g/mol. The standard InChI is InChI=1S/C8H10N4/c1-11-5-9-3-7(11)8-4-10-6-12(8)2/h3-6H,1-2H3. The Morgan fingerprint density at radius 3 is 1.58 bits per heavy atom. The van der Waals surface area contributed by atoms with Crippen molar-refractivity contribution in [1.29, 1.82) is 0 Å². The van der Waals surface area contributed by atoms with E-state index >= 15 is 0 Å². The van der Waals surface area contributed by atoms with Crippen molar-refractivity contribution in [3.8, 4) is 11.4 Å². The van der Waals surface area contributed by atoms with Crippen LogP contribution in [0.5, 0.6) is 0 Å². The Hall–Kier alpha value is -1.58. The zero-order valence-corrected chi connectivity index (χ0v) is 7.10. The van der Waals surface area contributed by atoms with Crippen LogP contribution in [0, 0.1) is 0 Å². The van der Waals surface area contributed by atoms with Crippen molar-refractivity contribution in [2.24, 2.45) is 14.1 Å². The lowest BCUT2D eigenvalue weighted by molar-refractivity contribution is 0.876. The highest BCUT2D eigenvalue weighted by Gasteiger charge is 2.04. The van der Waals surface area contributed by atoms with E-state index in [1.807, 2.05) is 35.6 Å². The van der Waals surface area contributed by atoms with Gasteiger partial charge >= 0.3 is 0 Å². The van der Waals surface area contributed by atoms with Crippen LogP contribution in [-0.4, -0.2) is 19.1 Å². The molecule has 0 aromatic carbocycles. The third kappa shape index (κ3) is 0.922. The molecule has 2 aromatic heterocycles. The lowest BCUT2D eigenvalue weighted by Crippen LogP contribution is -1.94. The van der Waals surface area contributed by atoms with Crippen molar-refractivity contribution in [3.63, 3.8) is 0 Å². The van der Waals surface area contributed by atoms with Crippen molar-refractivity contribution in [1.82, 2.24) is 19.1 Å². The first-order valence-electron chi connectivity index (χ1n) is 3.72. The first-order chi connectivity index (χ1) is 5.79. The molecular weight excluding hydrogens is 152 g/mol. The summed E-state index contributed by atoms with van der Waals surface area (Å²) in [5, 5.41) is 0. The normalized spacial score (nSPS) is 10.5. The van der Waals surface area contributed by atoms with Gasteiger partial charge in [-0.05, 0) is 0 Å². The van der Waals surface area contributed by atoms with Gasteiger partial charge in [0.25, 0.3) is 0 Å². The molecule has 0 atom stereocenters. The van der Waals surface area contributed by atoms with Gasteiger partial charge in [0.2, 0.25) is 0 Å². The smallest absolute Gasteiger partial charge is 0.0948 e. The van der Waals surface area contributed by atoms with Crippen LogP contribution in [0.1, 0.15) is 0 Å². The van der Waals surface area contributed by atoms with Gasteiger partial charge in [0.15, 0.2) is 0 Å². The van der Waals surface area contributed by atoms with Crippen LogP contribution in [0.15, 0.2) is 25.0 Å². The van der Waals surface area contributed by atoms with E-state index in [4.69, 9.17) is 0 Å². The van der Waals surface area contributed by atoms with Crippen LogP contribution in [0.4, 0.5) is 0 Å². The Bertz CT molecular complexity index is 347. The van der Waals surface area contributed by atoms with Gasteiger partial charge in [-0.1, -0.05) is 0 Å². The van der Waals surface area contributed by atoms with Crippen LogP contribution < -0.4 is 0 Å². The minimum atomic E-state index is 1.08. The first kappa shape index (κ1) is 7.09. The molecule has 4 heteroatoms. The Morgan fingerprint density at radius 2 is 1.33 bits per heavy atom. The summed E-state index contributed by atoms with van der Waals surface area (Å²) < 4.78 is 3.94. The zero-order valence-electron chi connectivity index (χ0n) is 7.10. The van der Waals surface area contributed by atoms with Crippen LogP contribution in [0.25, 0.3) is 11.4 Å². The van der Waals surface area contributed by atoms with E-state index in [1.54, 1.807) is 12.7 Å². The highest BCUT2D eigenvalue weighted by molar-refractivity contribution is 5.52. The van der Waals surface area contributed by atoms with E-state index < -0.39 is 0 Å². The molecule has 12 heavy (non-hydrogen) atoms. The molecule has 0 spiro atoms. The maximum atomic E-state index is 4.04. The molecule has 2 rings (SSSR count). The van der Waals surface area contributed by atoms with E-state index in [9.17, 15) is 0 Å². The molecule has 0 saturated heterocycles. The van der Waals surface area contributed by atoms with Crippen molar-refractivity contribution in [2.75, 3.05) is 0 Å². The fourth-order valence-electron chi connectivity index (χ4n) is 1.21. The van der Waals surface area contributed by atoms with Gasteiger partial charge < -0.3 is 9.13 Å². The number of rotatable bonds is 1. The van der Waals surface area contributed by atoms with Crippen molar-refractivity contribution >= 4 is 0 Å². The minimum absolute atomic E-state index is 1.08. The topological polar surface area (TPSA) is 35.6 Å². The molecule has 2 aromatic rings. The molecule has 0 saturated carbocycles. The maximum absolute atomic E-state index is 4.04. The number of aryl methyl sites for hydroxylation is 2. The second-order valence-electron chi connectivity index (χ2n) is 2.78. The van der Waals surface area contributed by atoms with Crippen molar-refractivity contribution < 1.29 is 0 Å². The highest BCUT2D eigenvalue weighted by atomic mass is 15.1. The van der Waals surface area contributed by atoms with Gasteiger partial charge in [0, 0.05) is 14.1 Å². The highest BCUT2D eigenvalue weighted by Crippen LogP contribution is 2.15. The summed E-state index contributed by atoms with van der Waals surface area (Å²) in [4.78, 5) is 8.08. The molecule has 0 unspecified atom stereocenters. The molecule has 0 radical (unpaired) electrons. The van der Waals surface area contributed by atoms with Gasteiger partial charge in [0.05, 0.1) is 36.4 Å². The third-order valence-corrected chi connectivity index (χ3v) is 1.90. The molecule has 0 aliphatic carbocycles.